The van der Waals surface area contributed by atoms with Gasteiger partial charge in [-0.05, 0) is 49.7 Å². The minimum atomic E-state index is -0.158. The molecule has 1 heterocycles. The summed E-state index contributed by atoms with van der Waals surface area (Å²) in [6, 6.07) is 15.0. The van der Waals surface area contributed by atoms with Crippen molar-refractivity contribution in [2.45, 2.75) is 26.5 Å². The molecule has 1 N–H and O–H groups in total. The Morgan fingerprint density at radius 3 is 2.47 bits per heavy atom. The van der Waals surface area contributed by atoms with E-state index in [2.05, 4.69) is 10.3 Å². The number of urea groups is 1. The minimum Gasteiger partial charge on any atom is -0.497 e. The van der Waals surface area contributed by atoms with Crippen molar-refractivity contribution in [1.29, 1.82) is 0 Å². The van der Waals surface area contributed by atoms with E-state index in [1.807, 2.05) is 60.8 Å². The number of benzene rings is 2. The summed E-state index contributed by atoms with van der Waals surface area (Å²) < 4.78 is 16.1. The Morgan fingerprint density at radius 1 is 1.06 bits per heavy atom. The summed E-state index contributed by atoms with van der Waals surface area (Å²) in [7, 11) is 3.29. The van der Waals surface area contributed by atoms with Crippen LogP contribution in [0.5, 0.6) is 11.5 Å². The van der Waals surface area contributed by atoms with Crippen LogP contribution < -0.4 is 14.8 Å². The Kier molecular flexibility index (Phi) is 8.89. The number of aromatic nitrogens is 1. The Balaban J connectivity index is 1.59. The Morgan fingerprint density at radius 2 is 1.78 bits per heavy atom. The number of amides is 2. The molecule has 0 atom stereocenters. The van der Waals surface area contributed by atoms with Crippen molar-refractivity contribution >= 4 is 23.1 Å². The fourth-order valence-electron chi connectivity index (χ4n) is 2.99. The lowest BCUT2D eigenvalue weighted by Crippen LogP contribution is -2.35. The molecule has 32 heavy (non-hydrogen) atoms. The fraction of sp³-hybridized carbons (Fsp3) is 0.333. The van der Waals surface area contributed by atoms with Gasteiger partial charge in [0.2, 0.25) is 0 Å². The number of anilines is 1. The van der Waals surface area contributed by atoms with Gasteiger partial charge in [-0.15, -0.1) is 11.3 Å². The molecule has 0 spiro atoms. The summed E-state index contributed by atoms with van der Waals surface area (Å²) >= 11 is 1.52. The third-order valence-corrected chi connectivity index (χ3v) is 5.61. The van der Waals surface area contributed by atoms with E-state index >= 15 is 0 Å². The lowest BCUT2D eigenvalue weighted by Gasteiger charge is -2.22. The molecular weight excluding hydrogens is 426 g/mol. The monoisotopic (exact) mass is 455 g/mol. The van der Waals surface area contributed by atoms with Crippen LogP contribution in [0.3, 0.4) is 0 Å². The van der Waals surface area contributed by atoms with Crippen LogP contribution in [0.4, 0.5) is 10.5 Å². The predicted molar refractivity (Wildman–Crippen MR) is 127 cm³/mol. The summed E-state index contributed by atoms with van der Waals surface area (Å²) in [5.74, 6) is 1.53. The van der Waals surface area contributed by atoms with Gasteiger partial charge in [-0.2, -0.15) is 0 Å². The van der Waals surface area contributed by atoms with Crippen molar-refractivity contribution in [2.24, 2.45) is 0 Å². The molecule has 0 aliphatic carbocycles. The number of hydrogen-bond donors (Lipinski definition) is 1. The standard InChI is InChI=1S/C24H29N3O4S/c1-18-5-7-19(8-6-18)26-24(28)27(13-4-14-29-2)15-20-17-32-23(25-20)16-31-22-11-9-21(30-3)10-12-22/h5-12,17H,4,13-16H2,1-3H3,(H,26,28). The number of rotatable bonds is 11. The number of thiazole rings is 1. The van der Waals surface area contributed by atoms with Gasteiger partial charge in [0.15, 0.2) is 0 Å². The van der Waals surface area contributed by atoms with Gasteiger partial charge in [0.1, 0.15) is 23.1 Å². The largest absolute Gasteiger partial charge is 0.497 e. The minimum absolute atomic E-state index is 0.158. The van der Waals surface area contributed by atoms with Crippen molar-refractivity contribution < 1.29 is 19.0 Å². The van der Waals surface area contributed by atoms with Crippen LogP contribution in [0.1, 0.15) is 22.7 Å². The Bertz CT molecular complexity index is 974. The molecule has 3 aromatic rings. The Labute approximate surface area is 193 Å². The molecule has 170 valence electrons. The molecule has 1 aromatic heterocycles. The topological polar surface area (TPSA) is 72.9 Å². The number of ether oxygens (including phenoxy) is 3. The zero-order valence-electron chi connectivity index (χ0n) is 18.7. The van der Waals surface area contributed by atoms with Crippen LogP contribution >= 0.6 is 11.3 Å². The second-order valence-electron chi connectivity index (χ2n) is 7.26. The van der Waals surface area contributed by atoms with Crippen molar-refractivity contribution in [1.82, 2.24) is 9.88 Å². The molecule has 0 radical (unpaired) electrons. The number of carbonyl (C=O) groups is 1. The second kappa shape index (κ2) is 12.1. The maximum Gasteiger partial charge on any atom is 0.322 e. The van der Waals surface area contributed by atoms with Crippen molar-refractivity contribution in [3.05, 3.63) is 70.2 Å². The highest BCUT2D eigenvalue weighted by Gasteiger charge is 2.16. The molecule has 0 bridgehead atoms. The summed E-state index contributed by atoms with van der Waals surface area (Å²) in [6.45, 7) is 3.96. The number of nitrogens with one attached hydrogen (secondary N) is 1. The first-order valence-electron chi connectivity index (χ1n) is 10.4. The van der Waals surface area contributed by atoms with E-state index in [9.17, 15) is 4.79 Å². The highest BCUT2D eigenvalue weighted by atomic mass is 32.1. The van der Waals surface area contributed by atoms with E-state index < -0.39 is 0 Å². The predicted octanol–water partition coefficient (Wildman–Crippen LogP) is 5.11. The summed E-state index contributed by atoms with van der Waals surface area (Å²) in [6.07, 6.45) is 0.745. The fourth-order valence-corrected chi connectivity index (χ4v) is 3.69. The van der Waals surface area contributed by atoms with E-state index in [-0.39, 0.29) is 6.03 Å². The maximum absolute atomic E-state index is 12.9. The maximum atomic E-state index is 12.9. The zero-order valence-corrected chi connectivity index (χ0v) is 19.5. The molecular formula is C24H29N3O4S. The molecule has 0 aliphatic heterocycles. The number of aryl methyl sites for hydroxylation is 1. The van der Waals surface area contributed by atoms with Crippen LogP contribution in [0.2, 0.25) is 0 Å². The van der Waals surface area contributed by atoms with Gasteiger partial charge < -0.3 is 24.4 Å². The summed E-state index contributed by atoms with van der Waals surface area (Å²) in [4.78, 5) is 19.3. The average Bonchev–Trinajstić information content (AvgIpc) is 3.26. The van der Waals surface area contributed by atoms with Crippen LogP contribution in [0.25, 0.3) is 0 Å². The molecule has 7 nitrogen and oxygen atoms in total. The SMILES string of the molecule is COCCCN(Cc1csc(COc2ccc(OC)cc2)n1)C(=O)Nc1ccc(C)cc1. The van der Waals surface area contributed by atoms with Gasteiger partial charge in [-0.3, -0.25) is 0 Å². The molecule has 0 unspecified atom stereocenters. The summed E-state index contributed by atoms with van der Waals surface area (Å²) in [5, 5.41) is 5.79. The molecule has 0 fully saturated rings. The molecule has 0 saturated carbocycles. The quantitative estimate of drug-likeness (QED) is 0.407. The molecule has 0 saturated heterocycles. The van der Waals surface area contributed by atoms with Gasteiger partial charge in [-0.1, -0.05) is 17.7 Å². The third kappa shape index (κ3) is 7.25. The first-order valence-corrected chi connectivity index (χ1v) is 11.3. The molecule has 2 aromatic carbocycles. The van der Waals surface area contributed by atoms with E-state index in [4.69, 9.17) is 14.2 Å². The lowest BCUT2D eigenvalue weighted by atomic mass is 10.2. The molecule has 3 rings (SSSR count). The van der Waals surface area contributed by atoms with Gasteiger partial charge in [0.25, 0.3) is 0 Å². The van der Waals surface area contributed by atoms with Crippen LogP contribution in [-0.4, -0.2) is 43.3 Å². The molecule has 8 heteroatoms. The summed E-state index contributed by atoms with van der Waals surface area (Å²) in [5.41, 5.74) is 2.75. The van der Waals surface area contributed by atoms with E-state index in [0.29, 0.717) is 26.3 Å². The lowest BCUT2D eigenvalue weighted by molar-refractivity contribution is 0.171. The highest BCUT2D eigenvalue weighted by Crippen LogP contribution is 2.20. The first-order chi connectivity index (χ1) is 15.6. The average molecular weight is 456 g/mol. The van der Waals surface area contributed by atoms with Crippen LogP contribution in [-0.2, 0) is 17.9 Å². The van der Waals surface area contributed by atoms with Crippen molar-refractivity contribution in [3.63, 3.8) is 0 Å². The normalized spacial score (nSPS) is 10.6. The van der Waals surface area contributed by atoms with E-state index in [1.54, 1.807) is 19.1 Å². The van der Waals surface area contributed by atoms with Gasteiger partial charge in [-0.25, -0.2) is 9.78 Å². The van der Waals surface area contributed by atoms with Crippen LogP contribution in [0, 0.1) is 6.92 Å². The third-order valence-electron chi connectivity index (χ3n) is 4.74. The number of carbonyl (C=O) groups excluding carboxylic acids is 1. The van der Waals surface area contributed by atoms with Gasteiger partial charge in [0, 0.05) is 31.3 Å². The van der Waals surface area contributed by atoms with E-state index in [0.717, 1.165) is 39.9 Å². The molecule has 0 aliphatic rings. The number of hydrogen-bond acceptors (Lipinski definition) is 6. The van der Waals surface area contributed by atoms with Gasteiger partial charge in [0.05, 0.1) is 19.3 Å². The number of nitrogens with zero attached hydrogens (tertiary/aromatic N) is 2. The smallest absolute Gasteiger partial charge is 0.322 e. The van der Waals surface area contributed by atoms with Crippen LogP contribution in [0.15, 0.2) is 53.9 Å². The first kappa shape index (κ1) is 23.6. The zero-order chi connectivity index (χ0) is 22.8. The molecule has 2 amide bonds. The van der Waals surface area contributed by atoms with E-state index in [1.165, 1.54) is 11.3 Å². The Hall–Kier alpha value is -3.10. The van der Waals surface area contributed by atoms with Gasteiger partial charge >= 0.3 is 6.03 Å². The number of methoxy groups -OCH3 is 2. The second-order valence-corrected chi connectivity index (χ2v) is 8.20. The van der Waals surface area contributed by atoms with Crippen molar-refractivity contribution in [3.8, 4) is 11.5 Å². The highest BCUT2D eigenvalue weighted by molar-refractivity contribution is 7.09. The van der Waals surface area contributed by atoms with Crippen molar-refractivity contribution in [2.75, 3.05) is 32.7 Å².